The molecule has 0 aliphatic carbocycles. The summed E-state index contributed by atoms with van der Waals surface area (Å²) in [6.45, 7) is 0. The summed E-state index contributed by atoms with van der Waals surface area (Å²) >= 11 is 4.77. The first-order valence-corrected chi connectivity index (χ1v) is 6.54. The first-order chi connectivity index (χ1) is 8.06. The summed E-state index contributed by atoms with van der Waals surface area (Å²) in [7, 11) is 0. The van der Waals surface area contributed by atoms with Crippen molar-refractivity contribution in [3.05, 3.63) is 56.2 Å². The van der Waals surface area contributed by atoms with Gasteiger partial charge in [0.2, 0.25) is 0 Å². The molecule has 0 bridgehead atoms. The Balaban J connectivity index is 2.19. The summed E-state index contributed by atoms with van der Waals surface area (Å²) in [6, 6.07) is 6.79. The van der Waals surface area contributed by atoms with Gasteiger partial charge >= 0.3 is 0 Å². The molecule has 1 nitrogen and oxygen atoms in total. The fourth-order valence-electron chi connectivity index (χ4n) is 1.53. The van der Waals surface area contributed by atoms with Gasteiger partial charge in [-0.1, -0.05) is 0 Å². The van der Waals surface area contributed by atoms with E-state index in [1.165, 1.54) is 11.3 Å². The van der Waals surface area contributed by atoms with Crippen molar-refractivity contribution in [2.75, 3.05) is 0 Å². The summed E-state index contributed by atoms with van der Waals surface area (Å²) in [6.07, 6.45) is -0.757. The van der Waals surface area contributed by atoms with Gasteiger partial charge in [0, 0.05) is 16.9 Å². The van der Waals surface area contributed by atoms with E-state index in [0.29, 0.717) is 0 Å². The van der Waals surface area contributed by atoms with Crippen LogP contribution >= 0.6 is 27.3 Å². The van der Waals surface area contributed by atoms with Gasteiger partial charge in [0.05, 0.1) is 9.89 Å². The molecule has 1 N–H and O–H groups in total. The number of benzene rings is 1. The zero-order valence-electron chi connectivity index (χ0n) is 8.66. The van der Waals surface area contributed by atoms with Crippen LogP contribution in [0.5, 0.6) is 0 Å². The highest BCUT2D eigenvalue weighted by atomic mass is 79.9. The van der Waals surface area contributed by atoms with Crippen LogP contribution in [0.15, 0.2) is 34.1 Å². The zero-order chi connectivity index (χ0) is 12.4. The normalized spacial score (nSPS) is 12.7. The van der Waals surface area contributed by atoms with Crippen LogP contribution in [0.4, 0.5) is 8.78 Å². The molecule has 0 radical (unpaired) electrons. The van der Waals surface area contributed by atoms with Gasteiger partial charge in [-0.25, -0.2) is 8.78 Å². The van der Waals surface area contributed by atoms with E-state index < -0.39 is 17.7 Å². The highest BCUT2D eigenvalue weighted by Crippen LogP contribution is 2.28. The number of rotatable bonds is 3. The van der Waals surface area contributed by atoms with Crippen LogP contribution in [-0.2, 0) is 6.42 Å². The van der Waals surface area contributed by atoms with Crippen molar-refractivity contribution in [2.24, 2.45) is 0 Å². The fraction of sp³-hybridized carbons (Fsp3) is 0.167. The van der Waals surface area contributed by atoms with Gasteiger partial charge in [0.15, 0.2) is 0 Å². The summed E-state index contributed by atoms with van der Waals surface area (Å²) in [4.78, 5) is 0.910. The maximum absolute atomic E-state index is 13.4. The van der Waals surface area contributed by atoms with Crippen molar-refractivity contribution >= 4 is 27.3 Å². The van der Waals surface area contributed by atoms with E-state index in [4.69, 9.17) is 0 Å². The lowest BCUT2D eigenvalue weighted by atomic mass is 10.1. The monoisotopic (exact) mass is 318 g/mol. The number of hydrogen-bond acceptors (Lipinski definition) is 2. The van der Waals surface area contributed by atoms with E-state index in [2.05, 4.69) is 15.9 Å². The molecule has 5 heteroatoms. The topological polar surface area (TPSA) is 20.2 Å². The highest BCUT2D eigenvalue weighted by Gasteiger charge is 2.15. The zero-order valence-corrected chi connectivity index (χ0v) is 11.1. The van der Waals surface area contributed by atoms with Crippen LogP contribution in [0.1, 0.15) is 16.5 Å². The molecular weight excluding hydrogens is 310 g/mol. The average molecular weight is 319 g/mol. The van der Waals surface area contributed by atoms with Gasteiger partial charge in [0.1, 0.15) is 11.6 Å². The van der Waals surface area contributed by atoms with Crippen LogP contribution in [0, 0.1) is 11.6 Å². The summed E-state index contributed by atoms with van der Waals surface area (Å²) < 4.78 is 27.3. The fourth-order valence-corrected chi connectivity index (χ4v) is 3.05. The lowest BCUT2D eigenvalue weighted by Crippen LogP contribution is -2.04. The number of thiophene rings is 1. The molecular formula is C12H9BrF2OS. The smallest absolute Gasteiger partial charge is 0.129 e. The molecule has 1 unspecified atom stereocenters. The number of halogens is 3. The molecule has 0 spiro atoms. The molecule has 0 saturated carbocycles. The average Bonchev–Trinajstić information content (AvgIpc) is 2.67. The highest BCUT2D eigenvalue weighted by molar-refractivity contribution is 9.11. The van der Waals surface area contributed by atoms with Crippen molar-refractivity contribution in [2.45, 2.75) is 12.5 Å². The van der Waals surface area contributed by atoms with E-state index >= 15 is 0 Å². The Bertz CT molecular complexity index is 527. The maximum Gasteiger partial charge on any atom is 0.129 e. The number of hydrogen-bond donors (Lipinski definition) is 1. The van der Waals surface area contributed by atoms with Crippen molar-refractivity contribution in [3.8, 4) is 0 Å². The van der Waals surface area contributed by atoms with Crippen molar-refractivity contribution < 1.29 is 13.9 Å². The molecule has 2 aromatic rings. The molecule has 0 saturated heterocycles. The Morgan fingerprint density at radius 1 is 1.24 bits per heavy atom. The van der Waals surface area contributed by atoms with Crippen LogP contribution < -0.4 is 0 Å². The minimum absolute atomic E-state index is 0.00507. The Kier molecular flexibility index (Phi) is 3.91. The molecule has 1 aromatic heterocycles. The standard InChI is InChI=1S/C12H9BrF2OS/c13-12-4-2-8(17-12)6-11(16)9-5-7(14)1-3-10(9)15/h1-5,11,16H,6H2. The van der Waals surface area contributed by atoms with Gasteiger partial charge in [-0.3, -0.25) is 0 Å². The predicted molar refractivity (Wildman–Crippen MR) is 67.0 cm³/mol. The SMILES string of the molecule is OC(Cc1ccc(Br)s1)c1cc(F)ccc1F. The van der Waals surface area contributed by atoms with Crippen LogP contribution in [0.3, 0.4) is 0 Å². The number of aliphatic hydroxyl groups excluding tert-OH is 1. The first kappa shape index (κ1) is 12.7. The molecule has 1 aromatic carbocycles. The summed E-state index contributed by atoms with van der Waals surface area (Å²) in [5.74, 6) is -1.14. The van der Waals surface area contributed by atoms with Gasteiger partial charge in [-0.2, -0.15) is 0 Å². The first-order valence-electron chi connectivity index (χ1n) is 4.93. The molecule has 0 fully saturated rings. The summed E-state index contributed by atoms with van der Waals surface area (Å²) in [5, 5.41) is 9.87. The van der Waals surface area contributed by atoms with Gasteiger partial charge < -0.3 is 5.11 Å². The lowest BCUT2D eigenvalue weighted by molar-refractivity contribution is 0.174. The third kappa shape index (κ3) is 3.12. The van der Waals surface area contributed by atoms with Crippen molar-refractivity contribution in [1.29, 1.82) is 0 Å². The van der Waals surface area contributed by atoms with Crippen LogP contribution in [0.2, 0.25) is 0 Å². The van der Waals surface area contributed by atoms with Crippen molar-refractivity contribution in [1.82, 2.24) is 0 Å². The van der Waals surface area contributed by atoms with E-state index in [1.54, 1.807) is 0 Å². The molecule has 2 rings (SSSR count). The minimum Gasteiger partial charge on any atom is -0.388 e. The second-order valence-electron chi connectivity index (χ2n) is 3.59. The Labute approximate surface area is 110 Å². The predicted octanol–water partition coefficient (Wildman–Crippen LogP) is 4.06. The van der Waals surface area contributed by atoms with Gasteiger partial charge in [-0.15, -0.1) is 11.3 Å². The molecule has 1 heterocycles. The van der Waals surface area contributed by atoms with E-state index in [0.717, 1.165) is 26.9 Å². The van der Waals surface area contributed by atoms with Crippen molar-refractivity contribution in [3.63, 3.8) is 0 Å². The number of aliphatic hydroxyl groups is 1. The van der Waals surface area contributed by atoms with Crippen LogP contribution in [-0.4, -0.2) is 5.11 Å². The molecule has 1 atom stereocenters. The Hall–Kier alpha value is -0.780. The Morgan fingerprint density at radius 2 is 2.00 bits per heavy atom. The third-order valence-corrected chi connectivity index (χ3v) is 3.99. The largest absolute Gasteiger partial charge is 0.388 e. The van der Waals surface area contributed by atoms with E-state index in [-0.39, 0.29) is 12.0 Å². The van der Waals surface area contributed by atoms with E-state index in [1.807, 2.05) is 12.1 Å². The molecule has 0 aliphatic heterocycles. The second kappa shape index (κ2) is 5.25. The van der Waals surface area contributed by atoms with Crippen LogP contribution in [0.25, 0.3) is 0 Å². The van der Waals surface area contributed by atoms with E-state index in [9.17, 15) is 13.9 Å². The third-order valence-electron chi connectivity index (χ3n) is 2.34. The van der Waals surface area contributed by atoms with Gasteiger partial charge in [-0.05, 0) is 46.3 Å². The molecule has 90 valence electrons. The second-order valence-corrected chi connectivity index (χ2v) is 6.14. The molecule has 0 aliphatic rings. The summed E-state index contributed by atoms with van der Waals surface area (Å²) in [5.41, 5.74) is -0.00507. The Morgan fingerprint density at radius 3 is 2.65 bits per heavy atom. The molecule has 0 amide bonds. The lowest BCUT2D eigenvalue weighted by Gasteiger charge is -2.10. The maximum atomic E-state index is 13.4. The minimum atomic E-state index is -1.03. The van der Waals surface area contributed by atoms with Gasteiger partial charge in [0.25, 0.3) is 0 Å². The quantitative estimate of drug-likeness (QED) is 0.904. The molecule has 17 heavy (non-hydrogen) atoms.